The first kappa shape index (κ1) is 9.64. The molecular weight excluding hydrogens is 204 g/mol. The summed E-state index contributed by atoms with van der Waals surface area (Å²) in [6, 6.07) is 6.49. The highest BCUT2D eigenvalue weighted by atomic mass is 32.2. The SMILES string of the molecule is Cc1ccc(S(=O)(=O)OC2CO2)cc1. The lowest BCUT2D eigenvalue weighted by atomic mass is 10.2. The quantitative estimate of drug-likeness (QED) is 0.557. The zero-order chi connectivity index (χ0) is 10.2. The standard InChI is InChI=1S/C9H10O4S/c1-7-2-4-8(5-3-7)14(10,11)13-9-6-12-9/h2-5,9H,6H2,1H3. The smallest absolute Gasteiger partial charge is 0.299 e. The molecule has 1 unspecified atom stereocenters. The molecule has 0 spiro atoms. The van der Waals surface area contributed by atoms with Gasteiger partial charge in [-0.2, -0.15) is 8.42 Å². The van der Waals surface area contributed by atoms with E-state index in [2.05, 4.69) is 4.74 Å². The number of ether oxygens (including phenoxy) is 1. The van der Waals surface area contributed by atoms with Crippen LogP contribution in [0, 0.1) is 6.92 Å². The van der Waals surface area contributed by atoms with Crippen molar-refractivity contribution in [1.82, 2.24) is 0 Å². The van der Waals surface area contributed by atoms with Gasteiger partial charge in [0.25, 0.3) is 10.1 Å². The molecule has 1 atom stereocenters. The summed E-state index contributed by atoms with van der Waals surface area (Å²) < 4.78 is 32.4. The van der Waals surface area contributed by atoms with Gasteiger partial charge in [-0.05, 0) is 19.1 Å². The molecule has 1 heterocycles. The number of benzene rings is 1. The summed E-state index contributed by atoms with van der Waals surface area (Å²) in [5.74, 6) is 0. The first-order chi connectivity index (χ1) is 6.58. The molecule has 1 fully saturated rings. The second kappa shape index (κ2) is 3.34. The summed E-state index contributed by atoms with van der Waals surface area (Å²) >= 11 is 0. The summed E-state index contributed by atoms with van der Waals surface area (Å²) in [6.45, 7) is 2.24. The highest BCUT2D eigenvalue weighted by Crippen LogP contribution is 2.20. The number of aryl methyl sites for hydroxylation is 1. The van der Waals surface area contributed by atoms with Crippen molar-refractivity contribution in [2.45, 2.75) is 18.1 Å². The lowest BCUT2D eigenvalue weighted by Crippen LogP contribution is -2.08. The molecule has 0 aliphatic carbocycles. The van der Waals surface area contributed by atoms with Crippen LogP contribution in [0.25, 0.3) is 0 Å². The first-order valence-electron chi connectivity index (χ1n) is 4.19. The highest BCUT2D eigenvalue weighted by molar-refractivity contribution is 7.86. The molecular formula is C9H10O4S. The lowest BCUT2D eigenvalue weighted by Gasteiger charge is -2.02. The number of epoxide rings is 1. The van der Waals surface area contributed by atoms with Crippen LogP contribution in [0.5, 0.6) is 0 Å². The Balaban J connectivity index is 2.24. The minimum Gasteiger partial charge on any atom is -0.344 e. The Bertz CT molecular complexity index is 417. The molecule has 0 bridgehead atoms. The second-order valence-corrected chi connectivity index (χ2v) is 4.70. The molecule has 0 amide bonds. The van der Waals surface area contributed by atoms with Crippen molar-refractivity contribution < 1.29 is 17.3 Å². The maximum Gasteiger partial charge on any atom is 0.299 e. The molecule has 1 aromatic rings. The van der Waals surface area contributed by atoms with Crippen LogP contribution in [0.2, 0.25) is 0 Å². The fourth-order valence-corrected chi connectivity index (χ4v) is 1.97. The Morgan fingerprint density at radius 2 is 1.93 bits per heavy atom. The third kappa shape index (κ3) is 2.12. The van der Waals surface area contributed by atoms with Crippen molar-refractivity contribution in [3.05, 3.63) is 29.8 Å². The van der Waals surface area contributed by atoms with Crippen molar-refractivity contribution >= 4 is 10.1 Å². The van der Waals surface area contributed by atoms with E-state index >= 15 is 0 Å². The minimum absolute atomic E-state index is 0.165. The molecule has 1 aliphatic heterocycles. The Morgan fingerprint density at radius 3 is 2.43 bits per heavy atom. The molecule has 14 heavy (non-hydrogen) atoms. The monoisotopic (exact) mass is 214 g/mol. The average Bonchev–Trinajstić information content (AvgIpc) is 2.88. The molecule has 1 aromatic carbocycles. The summed E-state index contributed by atoms with van der Waals surface area (Å²) in [5, 5.41) is 0. The molecule has 0 N–H and O–H groups in total. The Kier molecular flexibility index (Phi) is 2.30. The van der Waals surface area contributed by atoms with Crippen LogP contribution < -0.4 is 0 Å². The minimum atomic E-state index is -3.64. The number of rotatable bonds is 3. The van der Waals surface area contributed by atoms with E-state index in [1.165, 1.54) is 12.1 Å². The van der Waals surface area contributed by atoms with E-state index in [1.54, 1.807) is 12.1 Å². The van der Waals surface area contributed by atoms with Crippen LogP contribution in [-0.2, 0) is 19.0 Å². The Morgan fingerprint density at radius 1 is 1.36 bits per heavy atom. The fourth-order valence-electron chi connectivity index (χ4n) is 0.997. The molecule has 1 aliphatic rings. The van der Waals surface area contributed by atoms with Gasteiger partial charge in [0.2, 0.25) is 0 Å². The van der Waals surface area contributed by atoms with Crippen LogP contribution in [0.15, 0.2) is 29.2 Å². The topological polar surface area (TPSA) is 55.9 Å². The van der Waals surface area contributed by atoms with Gasteiger partial charge in [0, 0.05) is 0 Å². The molecule has 76 valence electrons. The van der Waals surface area contributed by atoms with E-state index in [0.717, 1.165) is 5.56 Å². The van der Waals surface area contributed by atoms with Crippen LogP contribution in [0.4, 0.5) is 0 Å². The van der Waals surface area contributed by atoms with Gasteiger partial charge in [-0.25, -0.2) is 4.18 Å². The normalized spacial score (nSPS) is 20.8. The molecule has 0 saturated carbocycles. The van der Waals surface area contributed by atoms with Gasteiger partial charge in [0.1, 0.15) is 6.61 Å². The van der Waals surface area contributed by atoms with E-state index in [1.807, 2.05) is 6.92 Å². The third-order valence-electron chi connectivity index (χ3n) is 1.85. The third-order valence-corrected chi connectivity index (χ3v) is 3.16. The van der Waals surface area contributed by atoms with Crippen molar-refractivity contribution in [2.24, 2.45) is 0 Å². The number of hydrogen-bond donors (Lipinski definition) is 0. The van der Waals surface area contributed by atoms with Crippen LogP contribution in [-0.4, -0.2) is 21.3 Å². The Hall–Kier alpha value is -0.910. The van der Waals surface area contributed by atoms with Gasteiger partial charge in [-0.1, -0.05) is 17.7 Å². The van der Waals surface area contributed by atoms with E-state index in [9.17, 15) is 8.42 Å². The predicted molar refractivity (Wildman–Crippen MR) is 49.2 cm³/mol. The van der Waals surface area contributed by atoms with Crippen LogP contribution >= 0.6 is 0 Å². The maximum atomic E-state index is 11.5. The van der Waals surface area contributed by atoms with E-state index in [0.29, 0.717) is 6.61 Å². The van der Waals surface area contributed by atoms with Crippen molar-refractivity contribution in [1.29, 1.82) is 0 Å². The summed E-state index contributed by atoms with van der Waals surface area (Å²) in [6.07, 6.45) is -0.582. The van der Waals surface area contributed by atoms with E-state index in [4.69, 9.17) is 4.18 Å². The predicted octanol–water partition coefficient (Wildman–Crippen LogP) is 1.06. The van der Waals surface area contributed by atoms with E-state index in [-0.39, 0.29) is 4.90 Å². The summed E-state index contributed by atoms with van der Waals surface area (Å²) in [5.41, 5.74) is 1.01. The largest absolute Gasteiger partial charge is 0.344 e. The lowest BCUT2D eigenvalue weighted by molar-refractivity contribution is 0.186. The molecule has 2 rings (SSSR count). The first-order valence-corrected chi connectivity index (χ1v) is 5.60. The molecule has 4 nitrogen and oxygen atoms in total. The zero-order valence-electron chi connectivity index (χ0n) is 7.64. The van der Waals surface area contributed by atoms with Crippen molar-refractivity contribution in [3.63, 3.8) is 0 Å². The summed E-state index contributed by atoms with van der Waals surface area (Å²) in [4.78, 5) is 0.165. The zero-order valence-corrected chi connectivity index (χ0v) is 8.45. The number of hydrogen-bond acceptors (Lipinski definition) is 4. The second-order valence-electron chi connectivity index (χ2n) is 3.13. The molecule has 0 radical (unpaired) electrons. The molecule has 1 saturated heterocycles. The van der Waals surface area contributed by atoms with Crippen LogP contribution in [0.3, 0.4) is 0 Å². The van der Waals surface area contributed by atoms with Gasteiger partial charge in [-0.3, -0.25) is 0 Å². The van der Waals surface area contributed by atoms with Crippen molar-refractivity contribution in [2.75, 3.05) is 6.61 Å². The Labute approximate surface area is 82.6 Å². The average molecular weight is 214 g/mol. The van der Waals surface area contributed by atoms with Crippen LogP contribution in [0.1, 0.15) is 5.56 Å². The molecule has 0 aromatic heterocycles. The van der Waals surface area contributed by atoms with Gasteiger partial charge in [0.15, 0.2) is 6.29 Å². The van der Waals surface area contributed by atoms with Gasteiger partial charge in [0.05, 0.1) is 4.90 Å². The van der Waals surface area contributed by atoms with Gasteiger partial charge < -0.3 is 4.74 Å². The molecule has 5 heteroatoms. The van der Waals surface area contributed by atoms with Gasteiger partial charge >= 0.3 is 0 Å². The fraction of sp³-hybridized carbons (Fsp3) is 0.333. The summed E-state index contributed by atoms with van der Waals surface area (Å²) in [7, 11) is -3.64. The highest BCUT2D eigenvalue weighted by Gasteiger charge is 2.31. The maximum absolute atomic E-state index is 11.5. The van der Waals surface area contributed by atoms with Crippen molar-refractivity contribution in [3.8, 4) is 0 Å². The van der Waals surface area contributed by atoms with E-state index < -0.39 is 16.4 Å². The van der Waals surface area contributed by atoms with Gasteiger partial charge in [-0.15, -0.1) is 0 Å².